The van der Waals surface area contributed by atoms with Crippen molar-refractivity contribution in [2.75, 3.05) is 24.5 Å². The van der Waals surface area contributed by atoms with E-state index in [0.717, 1.165) is 36.3 Å². The minimum Gasteiger partial charge on any atom is -0.353 e. The summed E-state index contributed by atoms with van der Waals surface area (Å²) in [6, 6.07) is 7.91. The van der Waals surface area contributed by atoms with E-state index in [1.54, 1.807) is 4.90 Å². The van der Waals surface area contributed by atoms with Gasteiger partial charge in [-0.1, -0.05) is 96.1 Å². The molecule has 1 atom stereocenters. The van der Waals surface area contributed by atoms with Crippen molar-refractivity contribution in [3.8, 4) is 0 Å². The number of rotatable bonds is 17. The van der Waals surface area contributed by atoms with Gasteiger partial charge in [-0.3, -0.25) is 14.4 Å². The van der Waals surface area contributed by atoms with Crippen molar-refractivity contribution in [3.05, 3.63) is 24.3 Å². The highest BCUT2D eigenvalue weighted by Crippen LogP contribution is 2.39. The molecule has 1 aromatic carbocycles. The maximum atomic E-state index is 13.3. The zero-order chi connectivity index (χ0) is 27.9. The average Bonchev–Trinajstić information content (AvgIpc) is 2.95. The van der Waals surface area contributed by atoms with E-state index in [1.807, 2.05) is 36.1 Å². The number of amides is 3. The molecule has 2 aliphatic rings. The number of para-hydroxylation sites is 1. The normalized spacial score (nSPS) is 17.8. The number of fused-ring (bicyclic) bond motifs is 1. The van der Waals surface area contributed by atoms with Gasteiger partial charge < -0.3 is 15.1 Å². The highest BCUT2D eigenvalue weighted by Gasteiger charge is 2.40. The number of nitrogens with zero attached hydrogens (tertiary/aromatic N) is 2. The van der Waals surface area contributed by atoms with Gasteiger partial charge in [-0.05, 0) is 38.3 Å². The van der Waals surface area contributed by atoms with Crippen LogP contribution in [-0.2, 0) is 14.4 Å². The topological polar surface area (TPSA) is 69.7 Å². The second-order valence-corrected chi connectivity index (χ2v) is 12.4. The van der Waals surface area contributed by atoms with Gasteiger partial charge in [0.05, 0.1) is 5.69 Å². The quantitative estimate of drug-likeness (QED) is 0.164. The van der Waals surface area contributed by atoms with Crippen LogP contribution in [0.2, 0.25) is 0 Å². The van der Waals surface area contributed by atoms with Gasteiger partial charge >= 0.3 is 0 Å². The maximum Gasteiger partial charge on any atom is 0.250 e. The van der Waals surface area contributed by atoms with Gasteiger partial charge in [0.2, 0.25) is 17.7 Å². The number of likely N-dealkylation sites (tertiary alicyclic amines) is 1. The Labute approximate surface area is 241 Å². The highest BCUT2D eigenvalue weighted by molar-refractivity contribution is 8.01. The molecule has 0 aliphatic carbocycles. The van der Waals surface area contributed by atoms with Crippen LogP contribution >= 0.6 is 11.8 Å². The molecule has 2 heterocycles. The van der Waals surface area contributed by atoms with Crippen LogP contribution in [0.25, 0.3) is 0 Å². The molecule has 1 saturated heterocycles. The summed E-state index contributed by atoms with van der Waals surface area (Å²) in [6.07, 6.45) is 19.0. The van der Waals surface area contributed by atoms with Gasteiger partial charge in [-0.2, -0.15) is 0 Å². The van der Waals surface area contributed by atoms with Crippen LogP contribution in [0.5, 0.6) is 0 Å². The van der Waals surface area contributed by atoms with E-state index in [2.05, 4.69) is 12.2 Å². The van der Waals surface area contributed by atoms with Crippen LogP contribution in [0.4, 0.5) is 5.69 Å². The van der Waals surface area contributed by atoms with E-state index in [4.69, 9.17) is 0 Å². The van der Waals surface area contributed by atoms with Crippen LogP contribution in [0, 0.1) is 0 Å². The molecule has 0 aromatic heterocycles. The van der Waals surface area contributed by atoms with E-state index in [0.29, 0.717) is 26.1 Å². The predicted molar refractivity (Wildman–Crippen MR) is 162 cm³/mol. The molecule has 39 heavy (non-hydrogen) atoms. The first kappa shape index (κ1) is 31.5. The lowest BCUT2D eigenvalue weighted by Gasteiger charge is -2.37. The monoisotopic (exact) mass is 557 g/mol. The van der Waals surface area contributed by atoms with E-state index in [1.165, 1.54) is 82.4 Å². The van der Waals surface area contributed by atoms with Gasteiger partial charge in [-0.15, -0.1) is 11.8 Å². The summed E-state index contributed by atoms with van der Waals surface area (Å²) in [6.45, 7) is 5.93. The van der Waals surface area contributed by atoms with Crippen molar-refractivity contribution < 1.29 is 14.4 Å². The van der Waals surface area contributed by atoms with Gasteiger partial charge in [0, 0.05) is 37.0 Å². The minimum absolute atomic E-state index is 0.102. The number of hydrogen-bond acceptors (Lipinski definition) is 4. The Hall–Kier alpha value is -2.02. The SMILES string of the molecule is CCCCCCCCCCCCCCCC(=O)NC1CCN(C(=O)C2Sc3ccccc3N(CC)C2=O)CC1. The molecule has 1 fully saturated rings. The lowest BCUT2D eigenvalue weighted by molar-refractivity contribution is -0.135. The number of carbonyl (C=O) groups excluding carboxylic acids is 3. The standard InChI is InChI=1S/C32H51N3O3S/c1-3-5-6-7-8-9-10-11-12-13-14-15-16-21-29(36)33-26-22-24-34(25-23-26)31(37)30-32(38)35(4-2)27-19-17-18-20-28(27)39-30/h17-20,26,30H,3-16,21-25H2,1-2H3,(H,33,36). The summed E-state index contributed by atoms with van der Waals surface area (Å²) in [5.74, 6) is -0.0924. The Morgan fingerprint density at radius 3 is 2.00 bits per heavy atom. The zero-order valence-electron chi connectivity index (χ0n) is 24.4. The number of benzene rings is 1. The highest BCUT2D eigenvalue weighted by atomic mass is 32.2. The Morgan fingerprint density at radius 1 is 0.846 bits per heavy atom. The van der Waals surface area contributed by atoms with Crippen LogP contribution < -0.4 is 10.2 Å². The summed E-state index contributed by atoms with van der Waals surface area (Å²) < 4.78 is 0. The minimum atomic E-state index is -0.721. The molecule has 1 aromatic rings. The van der Waals surface area contributed by atoms with Gasteiger partial charge in [0.1, 0.15) is 0 Å². The lowest BCUT2D eigenvalue weighted by atomic mass is 10.0. The summed E-state index contributed by atoms with van der Waals surface area (Å²) in [7, 11) is 0. The molecule has 0 radical (unpaired) electrons. The van der Waals surface area contributed by atoms with E-state index in [-0.39, 0.29) is 23.8 Å². The lowest BCUT2D eigenvalue weighted by Crippen LogP contribution is -2.53. The molecule has 218 valence electrons. The summed E-state index contributed by atoms with van der Waals surface area (Å²) >= 11 is 1.37. The molecule has 0 spiro atoms. The molecular weight excluding hydrogens is 506 g/mol. The fraction of sp³-hybridized carbons (Fsp3) is 0.719. The average molecular weight is 558 g/mol. The van der Waals surface area contributed by atoms with Crippen molar-refractivity contribution in [1.82, 2.24) is 10.2 Å². The molecule has 3 amide bonds. The van der Waals surface area contributed by atoms with Crippen molar-refractivity contribution in [2.45, 2.75) is 133 Å². The molecule has 7 heteroatoms. The molecule has 0 saturated carbocycles. The van der Waals surface area contributed by atoms with Crippen LogP contribution in [0.1, 0.15) is 117 Å². The summed E-state index contributed by atoms with van der Waals surface area (Å²) in [5, 5.41) is 2.46. The third-order valence-electron chi connectivity index (χ3n) is 8.11. The Bertz CT molecular complexity index is 900. The molecule has 1 unspecified atom stereocenters. The molecule has 3 rings (SSSR count). The third kappa shape index (κ3) is 10.1. The number of nitrogens with one attached hydrogen (secondary N) is 1. The fourth-order valence-electron chi connectivity index (χ4n) is 5.71. The second-order valence-electron chi connectivity index (χ2n) is 11.2. The molecule has 2 aliphatic heterocycles. The first-order chi connectivity index (χ1) is 19.0. The van der Waals surface area contributed by atoms with Crippen LogP contribution in [0.3, 0.4) is 0 Å². The molecule has 6 nitrogen and oxygen atoms in total. The maximum absolute atomic E-state index is 13.3. The molecule has 0 bridgehead atoms. The van der Waals surface area contributed by atoms with Crippen LogP contribution in [-0.4, -0.2) is 53.5 Å². The molecular formula is C32H51N3O3S. The van der Waals surface area contributed by atoms with Gasteiger partial charge in [0.15, 0.2) is 5.25 Å². The summed E-state index contributed by atoms with van der Waals surface area (Å²) in [4.78, 5) is 43.3. The van der Waals surface area contributed by atoms with Gasteiger partial charge in [-0.25, -0.2) is 0 Å². The number of carbonyl (C=O) groups is 3. The smallest absolute Gasteiger partial charge is 0.250 e. The third-order valence-corrected chi connectivity index (χ3v) is 9.35. The zero-order valence-corrected chi connectivity index (χ0v) is 25.2. The fourth-order valence-corrected chi connectivity index (χ4v) is 6.90. The Morgan fingerprint density at radius 2 is 1.41 bits per heavy atom. The van der Waals surface area contributed by atoms with E-state index >= 15 is 0 Å². The first-order valence-electron chi connectivity index (χ1n) is 15.7. The van der Waals surface area contributed by atoms with Crippen LogP contribution in [0.15, 0.2) is 29.2 Å². The van der Waals surface area contributed by atoms with Gasteiger partial charge in [0.25, 0.3) is 0 Å². The van der Waals surface area contributed by atoms with Crippen molar-refractivity contribution in [2.24, 2.45) is 0 Å². The van der Waals surface area contributed by atoms with E-state index < -0.39 is 5.25 Å². The van der Waals surface area contributed by atoms with Crippen molar-refractivity contribution in [3.63, 3.8) is 0 Å². The number of anilines is 1. The largest absolute Gasteiger partial charge is 0.353 e. The Balaban J connectivity index is 1.25. The number of hydrogen-bond donors (Lipinski definition) is 1. The number of piperidine rings is 1. The summed E-state index contributed by atoms with van der Waals surface area (Å²) in [5.41, 5.74) is 0.893. The first-order valence-corrected chi connectivity index (χ1v) is 16.6. The predicted octanol–water partition coefficient (Wildman–Crippen LogP) is 7.10. The molecule has 1 N–H and O–H groups in total. The number of thioether (sulfide) groups is 1. The van der Waals surface area contributed by atoms with Crippen molar-refractivity contribution in [1.29, 1.82) is 0 Å². The number of unbranched alkanes of at least 4 members (excludes halogenated alkanes) is 12. The van der Waals surface area contributed by atoms with Crippen molar-refractivity contribution >= 4 is 35.2 Å². The second kappa shape index (κ2) is 17.6. The Kier molecular flexibility index (Phi) is 14.2. The van der Waals surface area contributed by atoms with E-state index in [9.17, 15) is 14.4 Å².